The Kier molecular flexibility index (Phi) is 4.75. The molecule has 0 heterocycles. The van der Waals surface area contributed by atoms with Crippen molar-refractivity contribution < 1.29 is 20.4 Å². The Morgan fingerprint density at radius 2 is 0.963 bits per heavy atom. The van der Waals surface area contributed by atoms with Gasteiger partial charge in [-0.15, -0.1) is 0 Å². The third-order valence-electron chi connectivity index (χ3n) is 5.56. The molecule has 140 valence electrons. The van der Waals surface area contributed by atoms with E-state index in [9.17, 15) is 20.4 Å². The molecule has 0 aliphatic heterocycles. The molecular formula is C23H24O4. The Balaban J connectivity index is 2.33. The van der Waals surface area contributed by atoms with Crippen molar-refractivity contribution in [1.82, 2.24) is 0 Å². The molecule has 0 saturated heterocycles. The molecule has 3 rings (SSSR count). The average molecular weight is 364 g/mol. The number of rotatable bonds is 3. The lowest BCUT2D eigenvalue weighted by molar-refractivity contribution is 0.403. The molecule has 0 bridgehead atoms. The molecule has 0 atom stereocenters. The molecule has 3 aromatic carbocycles. The SMILES string of the molecule is Cc1c(O)ccc(C(c2ccc(O)c(O)c2)c2ccc(O)c(C)c2C)c1C. The van der Waals surface area contributed by atoms with Crippen LogP contribution < -0.4 is 0 Å². The van der Waals surface area contributed by atoms with Crippen molar-refractivity contribution >= 4 is 0 Å². The van der Waals surface area contributed by atoms with Crippen LogP contribution in [0.4, 0.5) is 0 Å². The minimum absolute atomic E-state index is 0.172. The molecule has 27 heavy (non-hydrogen) atoms. The molecule has 0 spiro atoms. The molecule has 0 aliphatic rings. The predicted octanol–water partition coefficient (Wildman–Crippen LogP) is 4.92. The summed E-state index contributed by atoms with van der Waals surface area (Å²) in [6, 6.07) is 11.9. The standard InChI is InChI=1S/C23H24O4/c1-12-14(3)19(24)9-6-17(12)23(16-5-8-21(26)22(27)11-16)18-7-10-20(25)15(4)13(18)2/h5-11,23-27H,1-4H3. The summed E-state index contributed by atoms with van der Waals surface area (Å²) >= 11 is 0. The second-order valence-electron chi connectivity index (χ2n) is 7.03. The number of aromatic hydroxyl groups is 4. The van der Waals surface area contributed by atoms with Crippen LogP contribution in [-0.4, -0.2) is 20.4 Å². The van der Waals surface area contributed by atoms with Gasteiger partial charge in [0, 0.05) is 5.92 Å². The Bertz CT molecular complexity index is 964. The van der Waals surface area contributed by atoms with Crippen LogP contribution in [0.2, 0.25) is 0 Å². The number of phenolic OH excluding ortho intramolecular Hbond substituents is 4. The minimum Gasteiger partial charge on any atom is -0.508 e. The summed E-state index contributed by atoms with van der Waals surface area (Å²) in [4.78, 5) is 0. The van der Waals surface area contributed by atoms with Crippen LogP contribution in [0.5, 0.6) is 23.0 Å². The highest BCUT2D eigenvalue weighted by Crippen LogP contribution is 2.41. The molecule has 0 fully saturated rings. The molecular weight excluding hydrogens is 340 g/mol. The van der Waals surface area contributed by atoms with E-state index >= 15 is 0 Å². The van der Waals surface area contributed by atoms with E-state index in [0.29, 0.717) is 0 Å². The molecule has 0 radical (unpaired) electrons. The van der Waals surface area contributed by atoms with Crippen LogP contribution in [0.3, 0.4) is 0 Å². The molecule has 4 heteroatoms. The summed E-state index contributed by atoms with van der Waals surface area (Å²) in [5.74, 6) is -0.104. The predicted molar refractivity (Wildman–Crippen MR) is 106 cm³/mol. The van der Waals surface area contributed by atoms with E-state index in [-0.39, 0.29) is 28.9 Å². The summed E-state index contributed by atoms with van der Waals surface area (Å²) < 4.78 is 0. The van der Waals surface area contributed by atoms with Gasteiger partial charge in [0.1, 0.15) is 11.5 Å². The topological polar surface area (TPSA) is 80.9 Å². The Morgan fingerprint density at radius 3 is 1.41 bits per heavy atom. The molecule has 0 amide bonds. The van der Waals surface area contributed by atoms with Crippen LogP contribution in [0.15, 0.2) is 42.5 Å². The number of hydrogen-bond donors (Lipinski definition) is 4. The summed E-state index contributed by atoms with van der Waals surface area (Å²) in [5, 5.41) is 39.9. The number of hydrogen-bond acceptors (Lipinski definition) is 4. The summed E-state index contributed by atoms with van der Waals surface area (Å²) in [6.45, 7) is 7.66. The van der Waals surface area contributed by atoms with E-state index in [4.69, 9.17) is 0 Å². The van der Waals surface area contributed by atoms with E-state index < -0.39 is 0 Å². The highest BCUT2D eigenvalue weighted by atomic mass is 16.3. The van der Waals surface area contributed by atoms with Gasteiger partial charge in [0.05, 0.1) is 0 Å². The van der Waals surface area contributed by atoms with Gasteiger partial charge in [-0.1, -0.05) is 18.2 Å². The van der Waals surface area contributed by atoms with Crippen molar-refractivity contribution in [3.63, 3.8) is 0 Å². The smallest absolute Gasteiger partial charge is 0.157 e. The average Bonchev–Trinajstić information content (AvgIpc) is 2.64. The fourth-order valence-corrected chi connectivity index (χ4v) is 3.53. The fraction of sp³-hybridized carbons (Fsp3) is 0.217. The van der Waals surface area contributed by atoms with Gasteiger partial charge in [-0.25, -0.2) is 0 Å². The van der Waals surface area contributed by atoms with E-state index in [1.54, 1.807) is 24.3 Å². The quantitative estimate of drug-likeness (QED) is 0.393. The molecule has 0 aromatic heterocycles. The third kappa shape index (κ3) is 3.19. The minimum atomic E-state index is -0.227. The lowest BCUT2D eigenvalue weighted by Crippen LogP contribution is -2.09. The zero-order chi connectivity index (χ0) is 19.9. The first-order valence-electron chi connectivity index (χ1n) is 8.82. The van der Waals surface area contributed by atoms with Crippen LogP contribution in [0, 0.1) is 27.7 Å². The fourth-order valence-electron chi connectivity index (χ4n) is 3.53. The van der Waals surface area contributed by atoms with Crippen LogP contribution >= 0.6 is 0 Å². The monoisotopic (exact) mass is 364 g/mol. The van der Waals surface area contributed by atoms with E-state index in [0.717, 1.165) is 38.9 Å². The molecule has 0 saturated carbocycles. The second-order valence-corrected chi connectivity index (χ2v) is 7.03. The van der Waals surface area contributed by atoms with Gasteiger partial charge >= 0.3 is 0 Å². The Labute approximate surface area is 159 Å². The molecule has 4 nitrogen and oxygen atoms in total. The van der Waals surface area contributed by atoms with Gasteiger partial charge < -0.3 is 20.4 Å². The lowest BCUT2D eigenvalue weighted by Gasteiger charge is -2.25. The van der Waals surface area contributed by atoms with Gasteiger partial charge in [0.25, 0.3) is 0 Å². The van der Waals surface area contributed by atoms with Gasteiger partial charge in [0.2, 0.25) is 0 Å². The molecule has 3 aromatic rings. The first-order valence-corrected chi connectivity index (χ1v) is 8.82. The van der Waals surface area contributed by atoms with Gasteiger partial charge in [-0.3, -0.25) is 0 Å². The van der Waals surface area contributed by atoms with Crippen molar-refractivity contribution in [2.45, 2.75) is 33.6 Å². The van der Waals surface area contributed by atoms with Crippen LogP contribution in [0.25, 0.3) is 0 Å². The maximum Gasteiger partial charge on any atom is 0.157 e. The number of phenols is 4. The van der Waals surface area contributed by atoms with Crippen molar-refractivity contribution in [2.75, 3.05) is 0 Å². The normalized spacial score (nSPS) is 11.1. The maximum atomic E-state index is 10.1. The van der Waals surface area contributed by atoms with Gasteiger partial charge in [-0.2, -0.15) is 0 Å². The van der Waals surface area contributed by atoms with Crippen molar-refractivity contribution in [3.8, 4) is 23.0 Å². The molecule has 0 unspecified atom stereocenters. The summed E-state index contributed by atoms with van der Waals surface area (Å²) in [5.41, 5.74) is 6.30. The summed E-state index contributed by atoms with van der Waals surface area (Å²) in [6.07, 6.45) is 0. The Morgan fingerprint density at radius 1 is 0.519 bits per heavy atom. The zero-order valence-corrected chi connectivity index (χ0v) is 15.9. The molecule has 0 aliphatic carbocycles. The van der Waals surface area contributed by atoms with Gasteiger partial charge in [-0.05, 0) is 90.9 Å². The molecule has 4 N–H and O–H groups in total. The summed E-state index contributed by atoms with van der Waals surface area (Å²) in [7, 11) is 0. The lowest BCUT2D eigenvalue weighted by atomic mass is 9.79. The van der Waals surface area contributed by atoms with Crippen molar-refractivity contribution in [2.24, 2.45) is 0 Å². The van der Waals surface area contributed by atoms with Crippen molar-refractivity contribution in [3.05, 3.63) is 81.4 Å². The van der Waals surface area contributed by atoms with Crippen LogP contribution in [0.1, 0.15) is 44.9 Å². The Hall–Kier alpha value is -3.14. The first-order chi connectivity index (χ1) is 12.7. The van der Waals surface area contributed by atoms with Gasteiger partial charge in [0.15, 0.2) is 11.5 Å². The highest BCUT2D eigenvalue weighted by molar-refractivity contribution is 5.57. The van der Waals surface area contributed by atoms with E-state index in [1.165, 1.54) is 6.07 Å². The largest absolute Gasteiger partial charge is 0.508 e. The van der Waals surface area contributed by atoms with E-state index in [1.807, 2.05) is 39.8 Å². The highest BCUT2D eigenvalue weighted by Gasteiger charge is 2.24. The maximum absolute atomic E-state index is 10.1. The van der Waals surface area contributed by atoms with E-state index in [2.05, 4.69) is 0 Å². The van der Waals surface area contributed by atoms with Crippen molar-refractivity contribution in [1.29, 1.82) is 0 Å². The number of benzene rings is 3. The first kappa shape index (κ1) is 18.6. The van der Waals surface area contributed by atoms with Crippen LogP contribution in [-0.2, 0) is 0 Å². The zero-order valence-electron chi connectivity index (χ0n) is 15.9. The second kappa shape index (κ2) is 6.88. The third-order valence-corrected chi connectivity index (χ3v) is 5.56.